The zero-order valence-corrected chi connectivity index (χ0v) is 19.2. The highest BCUT2D eigenvalue weighted by atomic mass is 35.5. The molecular weight excluding hydrogens is 412 g/mol. The second-order valence-electron chi connectivity index (χ2n) is 8.57. The summed E-state index contributed by atoms with van der Waals surface area (Å²) in [5.41, 5.74) is 3.97. The molecule has 0 aliphatic carbocycles. The summed E-state index contributed by atoms with van der Waals surface area (Å²) in [5, 5.41) is 0.821. The fraction of sp³-hybridized carbons (Fsp3) is 0.542. The van der Waals surface area contributed by atoms with E-state index in [1.54, 1.807) is 0 Å². The molecule has 31 heavy (non-hydrogen) atoms. The van der Waals surface area contributed by atoms with E-state index in [1.807, 2.05) is 36.9 Å². The molecule has 6 nitrogen and oxygen atoms in total. The maximum absolute atomic E-state index is 12.7. The van der Waals surface area contributed by atoms with E-state index in [1.165, 1.54) is 0 Å². The monoisotopic (exact) mass is 442 g/mol. The lowest BCUT2D eigenvalue weighted by Crippen LogP contribution is -2.41. The summed E-state index contributed by atoms with van der Waals surface area (Å²) in [5.74, 6) is 1.34. The van der Waals surface area contributed by atoms with Gasteiger partial charge in [-0.1, -0.05) is 29.8 Å². The lowest BCUT2D eigenvalue weighted by molar-refractivity contribution is -0.134. The number of halogens is 1. The number of hydrogen-bond donors (Lipinski definition) is 0. The van der Waals surface area contributed by atoms with Crippen LogP contribution in [-0.2, 0) is 22.5 Å². The molecule has 0 radical (unpaired) electrons. The molecule has 0 saturated carbocycles. The van der Waals surface area contributed by atoms with Crippen molar-refractivity contribution in [2.75, 3.05) is 39.4 Å². The molecule has 1 unspecified atom stereocenters. The van der Waals surface area contributed by atoms with E-state index in [0.29, 0.717) is 38.6 Å². The third kappa shape index (κ3) is 5.43. The van der Waals surface area contributed by atoms with E-state index in [4.69, 9.17) is 26.3 Å². The van der Waals surface area contributed by atoms with Gasteiger partial charge in [0.05, 0.1) is 19.6 Å². The molecular formula is C24H31ClN4O2. The first-order valence-electron chi connectivity index (χ1n) is 11.2. The first kappa shape index (κ1) is 22.2. The van der Waals surface area contributed by atoms with Crippen molar-refractivity contribution in [3.8, 4) is 0 Å². The van der Waals surface area contributed by atoms with E-state index in [-0.39, 0.29) is 5.91 Å². The number of morpholine rings is 1. The summed E-state index contributed by atoms with van der Waals surface area (Å²) < 4.78 is 5.35. The average molecular weight is 443 g/mol. The van der Waals surface area contributed by atoms with Crippen LogP contribution in [0.5, 0.6) is 0 Å². The summed E-state index contributed by atoms with van der Waals surface area (Å²) >= 11 is 6.36. The second-order valence-corrected chi connectivity index (χ2v) is 8.97. The Bertz CT molecular complexity index is 907. The smallest absolute Gasteiger partial charge is 0.227 e. The number of carbonyl (C=O) groups excluding carboxylic acids is 1. The molecule has 1 aromatic heterocycles. The van der Waals surface area contributed by atoms with Crippen LogP contribution in [-0.4, -0.2) is 65.1 Å². The van der Waals surface area contributed by atoms with Crippen LogP contribution in [0.4, 0.5) is 0 Å². The minimum atomic E-state index is 0.134. The van der Waals surface area contributed by atoms with Crippen LogP contribution < -0.4 is 0 Å². The summed E-state index contributed by atoms with van der Waals surface area (Å²) in [6, 6.07) is 8.05. The fourth-order valence-corrected chi connectivity index (χ4v) is 4.75. The molecule has 1 atom stereocenters. The van der Waals surface area contributed by atoms with Crippen LogP contribution in [0.3, 0.4) is 0 Å². The second kappa shape index (κ2) is 10.1. The Morgan fingerprint density at radius 3 is 2.55 bits per heavy atom. The van der Waals surface area contributed by atoms with E-state index < -0.39 is 0 Å². The SMILES string of the molecule is Cc1nc(C2CCCN(Cc3ccccc3Cl)C2)nc(C)c1CC(=O)N1CCOCC1. The Morgan fingerprint density at radius 2 is 1.84 bits per heavy atom. The van der Waals surface area contributed by atoms with Crippen molar-refractivity contribution in [2.24, 2.45) is 0 Å². The van der Waals surface area contributed by atoms with Gasteiger partial charge in [-0.25, -0.2) is 9.97 Å². The van der Waals surface area contributed by atoms with Crippen LogP contribution in [0.15, 0.2) is 24.3 Å². The number of amides is 1. The van der Waals surface area contributed by atoms with Gasteiger partial charge >= 0.3 is 0 Å². The number of aryl methyl sites for hydroxylation is 2. The zero-order chi connectivity index (χ0) is 21.8. The first-order chi connectivity index (χ1) is 15.0. The van der Waals surface area contributed by atoms with E-state index in [2.05, 4.69) is 11.0 Å². The molecule has 1 amide bonds. The topological polar surface area (TPSA) is 58.6 Å². The van der Waals surface area contributed by atoms with Crippen LogP contribution in [0, 0.1) is 13.8 Å². The van der Waals surface area contributed by atoms with Gasteiger partial charge in [-0.05, 0) is 44.9 Å². The maximum atomic E-state index is 12.7. The van der Waals surface area contributed by atoms with Gasteiger partial charge in [-0.15, -0.1) is 0 Å². The van der Waals surface area contributed by atoms with Crippen molar-refractivity contribution in [1.82, 2.24) is 19.8 Å². The number of aromatic nitrogens is 2. The molecule has 1 aromatic carbocycles. The van der Waals surface area contributed by atoms with Crippen LogP contribution in [0.25, 0.3) is 0 Å². The number of hydrogen-bond acceptors (Lipinski definition) is 5. The molecule has 2 fully saturated rings. The van der Waals surface area contributed by atoms with E-state index >= 15 is 0 Å². The van der Waals surface area contributed by atoms with Crippen LogP contribution in [0.2, 0.25) is 5.02 Å². The highest BCUT2D eigenvalue weighted by Crippen LogP contribution is 2.28. The molecule has 2 aliphatic rings. The minimum absolute atomic E-state index is 0.134. The first-order valence-corrected chi connectivity index (χ1v) is 11.5. The summed E-state index contributed by atoms with van der Waals surface area (Å²) in [4.78, 5) is 26.7. The molecule has 0 N–H and O–H groups in total. The number of carbonyl (C=O) groups is 1. The molecule has 2 aliphatic heterocycles. The number of likely N-dealkylation sites (tertiary alicyclic amines) is 1. The van der Waals surface area contributed by atoms with E-state index in [0.717, 1.165) is 65.8 Å². The highest BCUT2D eigenvalue weighted by molar-refractivity contribution is 6.31. The van der Waals surface area contributed by atoms with Gasteiger partial charge in [-0.2, -0.15) is 0 Å². The van der Waals surface area contributed by atoms with Crippen molar-refractivity contribution in [3.63, 3.8) is 0 Å². The molecule has 7 heteroatoms. The van der Waals surface area contributed by atoms with Gasteiger partial charge in [0.1, 0.15) is 5.82 Å². The average Bonchev–Trinajstić information content (AvgIpc) is 2.78. The Morgan fingerprint density at radius 1 is 1.13 bits per heavy atom. The quantitative estimate of drug-likeness (QED) is 0.709. The number of ether oxygens (including phenoxy) is 1. The molecule has 166 valence electrons. The fourth-order valence-electron chi connectivity index (χ4n) is 4.56. The van der Waals surface area contributed by atoms with Gasteiger partial charge in [-0.3, -0.25) is 9.69 Å². The van der Waals surface area contributed by atoms with Gasteiger partial charge in [0.2, 0.25) is 5.91 Å². The Kier molecular flexibility index (Phi) is 7.20. The van der Waals surface area contributed by atoms with Crippen molar-refractivity contribution in [2.45, 2.75) is 45.6 Å². The third-order valence-corrected chi connectivity index (χ3v) is 6.72. The van der Waals surface area contributed by atoms with E-state index in [9.17, 15) is 4.79 Å². The van der Waals surface area contributed by atoms with Gasteiger partial charge in [0, 0.05) is 54.1 Å². The lowest BCUT2D eigenvalue weighted by atomic mass is 9.96. The zero-order valence-electron chi connectivity index (χ0n) is 18.4. The third-order valence-electron chi connectivity index (χ3n) is 6.35. The summed E-state index contributed by atoms with van der Waals surface area (Å²) in [6.45, 7) is 9.41. The number of piperidine rings is 1. The molecule has 4 rings (SSSR count). The predicted octanol–water partition coefficient (Wildman–Crippen LogP) is 3.53. The standard InChI is InChI=1S/C24H31ClN4O2/c1-17-21(14-23(30)29-10-12-31-13-11-29)18(2)27-24(26-17)20-7-5-9-28(16-20)15-19-6-3-4-8-22(19)25/h3-4,6,8,20H,5,7,9-16H2,1-2H3. The minimum Gasteiger partial charge on any atom is -0.378 e. The maximum Gasteiger partial charge on any atom is 0.227 e. The Labute approximate surface area is 189 Å². The van der Waals surface area contributed by atoms with Crippen molar-refractivity contribution >= 4 is 17.5 Å². The van der Waals surface area contributed by atoms with Gasteiger partial charge in [0.15, 0.2) is 0 Å². The Balaban J connectivity index is 1.44. The molecule has 0 spiro atoms. The van der Waals surface area contributed by atoms with Crippen LogP contribution in [0.1, 0.15) is 47.1 Å². The van der Waals surface area contributed by atoms with Gasteiger partial charge < -0.3 is 9.64 Å². The normalized spacial score (nSPS) is 20.1. The van der Waals surface area contributed by atoms with Gasteiger partial charge in [0.25, 0.3) is 0 Å². The molecule has 2 aromatic rings. The summed E-state index contributed by atoms with van der Waals surface area (Å²) in [7, 11) is 0. The molecule has 0 bridgehead atoms. The molecule has 2 saturated heterocycles. The Hall–Kier alpha value is -2.02. The number of benzene rings is 1. The lowest BCUT2D eigenvalue weighted by Gasteiger charge is -2.32. The van der Waals surface area contributed by atoms with Crippen molar-refractivity contribution in [1.29, 1.82) is 0 Å². The van der Waals surface area contributed by atoms with Crippen LogP contribution >= 0.6 is 11.6 Å². The highest BCUT2D eigenvalue weighted by Gasteiger charge is 2.26. The number of rotatable bonds is 5. The number of nitrogens with zero attached hydrogens (tertiary/aromatic N) is 4. The summed E-state index contributed by atoms with van der Waals surface area (Å²) in [6.07, 6.45) is 2.57. The van der Waals surface area contributed by atoms with Crippen molar-refractivity contribution < 1.29 is 9.53 Å². The molecule has 3 heterocycles. The largest absolute Gasteiger partial charge is 0.378 e. The van der Waals surface area contributed by atoms with Crippen molar-refractivity contribution in [3.05, 3.63) is 57.6 Å². The predicted molar refractivity (Wildman–Crippen MR) is 121 cm³/mol.